The molecule has 0 amide bonds. The number of benzene rings is 1. The zero-order valence-electron chi connectivity index (χ0n) is 15.0. The minimum absolute atomic E-state index is 0. The summed E-state index contributed by atoms with van der Waals surface area (Å²) in [5.74, 6) is 1.71. The summed E-state index contributed by atoms with van der Waals surface area (Å²) in [6.07, 6.45) is 2.84. The number of nitrogens with one attached hydrogen (secondary N) is 2. The highest BCUT2D eigenvalue weighted by atomic mass is 127. The van der Waals surface area contributed by atoms with E-state index >= 15 is 0 Å². The molecule has 9 heteroatoms. The molecule has 2 N–H and O–H groups in total. The molecule has 0 radical (unpaired) electrons. The first kappa shape index (κ1) is 20.9. The number of rotatable bonds is 5. The van der Waals surface area contributed by atoms with Gasteiger partial charge in [0.2, 0.25) is 0 Å². The molecule has 0 spiro atoms. The minimum Gasteiger partial charge on any atom is -0.369 e. The van der Waals surface area contributed by atoms with Crippen molar-refractivity contribution in [2.24, 2.45) is 4.99 Å². The monoisotopic (exact) mass is 533 g/mol. The number of guanidine groups is 1. The van der Waals surface area contributed by atoms with E-state index in [2.05, 4.69) is 77.8 Å². The average molecular weight is 534 g/mol. The zero-order valence-corrected chi connectivity index (χ0v) is 18.9. The fourth-order valence-electron chi connectivity index (χ4n) is 3.00. The highest BCUT2D eigenvalue weighted by molar-refractivity contribution is 14.0. The van der Waals surface area contributed by atoms with E-state index in [0.29, 0.717) is 12.6 Å². The molecule has 1 aliphatic heterocycles. The van der Waals surface area contributed by atoms with Gasteiger partial charge in [0.15, 0.2) is 11.8 Å². The van der Waals surface area contributed by atoms with E-state index in [-0.39, 0.29) is 24.0 Å². The molecule has 0 bridgehead atoms. The van der Waals surface area contributed by atoms with Gasteiger partial charge >= 0.3 is 0 Å². The molecule has 1 aliphatic rings. The van der Waals surface area contributed by atoms with Crippen LogP contribution >= 0.6 is 39.9 Å². The van der Waals surface area contributed by atoms with Crippen molar-refractivity contribution >= 4 is 51.6 Å². The number of halogens is 2. The van der Waals surface area contributed by atoms with Crippen LogP contribution in [0.3, 0.4) is 0 Å². The number of hydrogen-bond donors (Lipinski definition) is 2. The maximum Gasteiger partial charge on any atom is 0.191 e. The lowest BCUT2D eigenvalue weighted by Crippen LogP contribution is -2.44. The first-order valence-corrected chi connectivity index (χ1v) is 9.33. The molecular formula is C17H25BrIN7. The van der Waals surface area contributed by atoms with Gasteiger partial charge in [-0.1, -0.05) is 15.9 Å². The Hall–Kier alpha value is -1.36. The fourth-order valence-corrected chi connectivity index (χ4v) is 3.26. The lowest BCUT2D eigenvalue weighted by atomic mass is 10.3. The van der Waals surface area contributed by atoms with Gasteiger partial charge in [0.1, 0.15) is 6.33 Å². The summed E-state index contributed by atoms with van der Waals surface area (Å²) in [6.45, 7) is 5.56. The molecule has 1 unspecified atom stereocenters. The van der Waals surface area contributed by atoms with Crippen molar-refractivity contribution < 1.29 is 0 Å². The van der Waals surface area contributed by atoms with Crippen LogP contribution in [0.1, 0.15) is 19.2 Å². The van der Waals surface area contributed by atoms with Crippen LogP contribution in [0.25, 0.3) is 0 Å². The van der Waals surface area contributed by atoms with Crippen molar-refractivity contribution in [3.8, 4) is 0 Å². The largest absolute Gasteiger partial charge is 0.369 e. The third-order valence-electron chi connectivity index (χ3n) is 4.39. The van der Waals surface area contributed by atoms with Crippen molar-refractivity contribution in [3.63, 3.8) is 0 Å². The summed E-state index contributed by atoms with van der Waals surface area (Å²) < 4.78 is 3.13. The van der Waals surface area contributed by atoms with Gasteiger partial charge in [-0.3, -0.25) is 4.99 Å². The quantitative estimate of drug-likeness (QED) is 0.351. The molecule has 26 heavy (non-hydrogen) atoms. The second-order valence-electron chi connectivity index (χ2n) is 6.01. The SMILES string of the molecule is CCn1cnnc1CNC(=NC)NC1CCN(c2ccc(Br)cc2)C1.I. The fraction of sp³-hybridized carbons (Fsp3) is 0.471. The molecule has 1 saturated heterocycles. The van der Waals surface area contributed by atoms with Crippen LogP contribution in [0, 0.1) is 0 Å². The van der Waals surface area contributed by atoms with Crippen LogP contribution in [-0.4, -0.2) is 46.9 Å². The smallest absolute Gasteiger partial charge is 0.191 e. The van der Waals surface area contributed by atoms with E-state index in [1.807, 2.05) is 4.57 Å². The van der Waals surface area contributed by atoms with E-state index in [1.54, 1.807) is 13.4 Å². The van der Waals surface area contributed by atoms with Crippen molar-refractivity contribution in [2.75, 3.05) is 25.0 Å². The zero-order chi connectivity index (χ0) is 17.6. The van der Waals surface area contributed by atoms with Gasteiger partial charge in [-0.25, -0.2) is 0 Å². The molecule has 1 aromatic heterocycles. The Bertz CT molecular complexity index is 716. The van der Waals surface area contributed by atoms with Crippen molar-refractivity contribution in [1.29, 1.82) is 0 Å². The van der Waals surface area contributed by atoms with E-state index < -0.39 is 0 Å². The number of aryl methyl sites for hydroxylation is 1. The number of aliphatic imine (C=N–C) groups is 1. The number of hydrogen-bond acceptors (Lipinski definition) is 4. The molecule has 0 aliphatic carbocycles. The summed E-state index contributed by atoms with van der Waals surface area (Å²) in [6, 6.07) is 8.84. The standard InChI is InChI=1S/C17H24BrN7.HI/c1-3-24-12-21-23-16(24)10-20-17(19-2)22-14-8-9-25(11-14)15-6-4-13(18)5-7-15;/h4-7,12,14H,3,8-11H2,1-2H3,(H2,19,20,22);1H. The topological polar surface area (TPSA) is 70.4 Å². The second kappa shape index (κ2) is 10.1. The highest BCUT2D eigenvalue weighted by Crippen LogP contribution is 2.22. The normalized spacial score (nSPS) is 17.1. The van der Waals surface area contributed by atoms with E-state index in [1.165, 1.54) is 5.69 Å². The van der Waals surface area contributed by atoms with Crippen LogP contribution in [0.15, 0.2) is 40.1 Å². The third kappa shape index (κ3) is 5.32. The van der Waals surface area contributed by atoms with Crippen molar-refractivity contribution in [2.45, 2.75) is 32.5 Å². The summed E-state index contributed by atoms with van der Waals surface area (Å²) in [5.41, 5.74) is 1.26. The molecule has 142 valence electrons. The molecule has 7 nitrogen and oxygen atoms in total. The molecule has 1 aromatic carbocycles. The van der Waals surface area contributed by atoms with Crippen LogP contribution in [0.4, 0.5) is 5.69 Å². The van der Waals surface area contributed by atoms with Crippen LogP contribution in [0.5, 0.6) is 0 Å². The van der Waals surface area contributed by atoms with Crippen LogP contribution in [0.2, 0.25) is 0 Å². The van der Waals surface area contributed by atoms with Crippen molar-refractivity contribution in [1.82, 2.24) is 25.4 Å². The summed E-state index contributed by atoms with van der Waals surface area (Å²) in [7, 11) is 1.79. The maximum atomic E-state index is 4.33. The van der Waals surface area contributed by atoms with Crippen molar-refractivity contribution in [3.05, 3.63) is 40.9 Å². The molecule has 1 atom stereocenters. The van der Waals surface area contributed by atoms with Crippen LogP contribution in [-0.2, 0) is 13.1 Å². The molecule has 0 saturated carbocycles. The number of anilines is 1. The number of aromatic nitrogens is 3. The Labute approximate surface area is 179 Å². The summed E-state index contributed by atoms with van der Waals surface area (Å²) in [5, 5.41) is 14.9. The molecular weight excluding hydrogens is 509 g/mol. The maximum absolute atomic E-state index is 4.33. The molecule has 3 rings (SSSR count). The molecule has 2 aromatic rings. The Balaban J connectivity index is 0.00000243. The van der Waals surface area contributed by atoms with Gasteiger partial charge in [0.05, 0.1) is 6.54 Å². The second-order valence-corrected chi connectivity index (χ2v) is 6.93. The van der Waals surface area contributed by atoms with Gasteiger partial charge in [0, 0.05) is 42.9 Å². The lowest BCUT2D eigenvalue weighted by molar-refractivity contribution is 0.631. The van der Waals surface area contributed by atoms with Gasteiger partial charge in [-0.2, -0.15) is 0 Å². The van der Waals surface area contributed by atoms with Gasteiger partial charge in [0.25, 0.3) is 0 Å². The van der Waals surface area contributed by atoms with Gasteiger partial charge in [-0.15, -0.1) is 34.2 Å². The predicted octanol–water partition coefficient (Wildman–Crippen LogP) is 2.62. The van der Waals surface area contributed by atoms with E-state index in [4.69, 9.17) is 0 Å². The Kier molecular flexibility index (Phi) is 8.14. The Morgan fingerprint density at radius 3 is 2.81 bits per heavy atom. The van der Waals surface area contributed by atoms with E-state index in [0.717, 1.165) is 42.3 Å². The van der Waals surface area contributed by atoms with Gasteiger partial charge in [-0.05, 0) is 37.6 Å². The summed E-state index contributed by atoms with van der Waals surface area (Å²) in [4.78, 5) is 6.72. The lowest BCUT2D eigenvalue weighted by Gasteiger charge is -2.20. The Morgan fingerprint density at radius 1 is 1.35 bits per heavy atom. The molecule has 2 heterocycles. The number of nitrogens with zero attached hydrogens (tertiary/aromatic N) is 5. The summed E-state index contributed by atoms with van der Waals surface area (Å²) >= 11 is 3.49. The highest BCUT2D eigenvalue weighted by Gasteiger charge is 2.23. The van der Waals surface area contributed by atoms with Crippen LogP contribution < -0.4 is 15.5 Å². The first-order valence-electron chi connectivity index (χ1n) is 8.54. The third-order valence-corrected chi connectivity index (χ3v) is 4.92. The minimum atomic E-state index is 0. The van der Waals surface area contributed by atoms with E-state index in [9.17, 15) is 0 Å². The first-order chi connectivity index (χ1) is 12.2. The molecule has 1 fully saturated rings. The Morgan fingerprint density at radius 2 is 2.12 bits per heavy atom. The van der Waals surface area contributed by atoms with Gasteiger partial charge < -0.3 is 20.1 Å². The average Bonchev–Trinajstić information content (AvgIpc) is 3.28. The predicted molar refractivity (Wildman–Crippen MR) is 119 cm³/mol.